The van der Waals surface area contributed by atoms with Gasteiger partial charge in [-0.2, -0.15) is 0 Å². The van der Waals surface area contributed by atoms with Gasteiger partial charge in [0.15, 0.2) is 0 Å². The topological polar surface area (TPSA) is 68.0 Å². The minimum Gasteiger partial charge on any atom is -0.346 e. The smallest absolute Gasteiger partial charge is 0.251 e. The van der Waals surface area contributed by atoms with Crippen LogP contribution in [0.3, 0.4) is 0 Å². The predicted molar refractivity (Wildman–Crippen MR) is 70.2 cm³/mol. The van der Waals surface area contributed by atoms with Crippen LogP contribution in [0.1, 0.15) is 24.2 Å². The van der Waals surface area contributed by atoms with Crippen molar-refractivity contribution in [3.63, 3.8) is 0 Å². The molecule has 0 aliphatic carbocycles. The van der Waals surface area contributed by atoms with Gasteiger partial charge in [0.25, 0.3) is 5.91 Å². The number of aromatic nitrogens is 1. The monoisotopic (exact) mass is 249 g/mol. The molecule has 1 amide bonds. The van der Waals surface area contributed by atoms with E-state index in [0.717, 1.165) is 10.2 Å². The third-order valence-electron chi connectivity index (χ3n) is 2.56. The summed E-state index contributed by atoms with van der Waals surface area (Å²) in [4.78, 5) is 16.2. The van der Waals surface area contributed by atoms with E-state index in [0.29, 0.717) is 12.1 Å². The number of hydrogen-bond acceptors (Lipinski definition) is 4. The van der Waals surface area contributed by atoms with Crippen LogP contribution in [0.2, 0.25) is 0 Å². The lowest BCUT2D eigenvalue weighted by molar-refractivity contribution is 0.0916. The van der Waals surface area contributed by atoms with Gasteiger partial charge < -0.3 is 11.1 Å². The molecule has 0 unspecified atom stereocenters. The van der Waals surface area contributed by atoms with Crippen LogP contribution < -0.4 is 11.1 Å². The van der Waals surface area contributed by atoms with Crippen molar-refractivity contribution < 1.29 is 4.79 Å². The maximum Gasteiger partial charge on any atom is 0.251 e. The van der Waals surface area contributed by atoms with Gasteiger partial charge in [-0.25, -0.2) is 4.98 Å². The maximum absolute atomic E-state index is 12.0. The molecule has 0 radical (unpaired) electrons. The highest BCUT2D eigenvalue weighted by atomic mass is 32.1. The van der Waals surface area contributed by atoms with Crippen LogP contribution >= 0.6 is 11.3 Å². The number of thiazole rings is 1. The Morgan fingerprint density at radius 3 is 3.00 bits per heavy atom. The van der Waals surface area contributed by atoms with Crippen molar-refractivity contribution in [1.29, 1.82) is 0 Å². The Hall–Kier alpha value is -1.46. The van der Waals surface area contributed by atoms with Crippen molar-refractivity contribution in [1.82, 2.24) is 10.3 Å². The number of nitrogens with two attached hydrogens (primary N) is 1. The van der Waals surface area contributed by atoms with Gasteiger partial charge in [0, 0.05) is 17.6 Å². The largest absolute Gasteiger partial charge is 0.346 e. The van der Waals surface area contributed by atoms with Gasteiger partial charge in [0.1, 0.15) is 0 Å². The van der Waals surface area contributed by atoms with Gasteiger partial charge >= 0.3 is 0 Å². The first-order valence-electron chi connectivity index (χ1n) is 5.38. The van der Waals surface area contributed by atoms with Crippen LogP contribution in [-0.4, -0.2) is 23.0 Å². The molecule has 0 aliphatic heterocycles. The zero-order valence-corrected chi connectivity index (χ0v) is 10.7. The highest BCUT2D eigenvalue weighted by Gasteiger charge is 2.19. The Morgan fingerprint density at radius 2 is 2.29 bits per heavy atom. The quantitative estimate of drug-likeness (QED) is 0.871. The van der Waals surface area contributed by atoms with E-state index < -0.39 is 0 Å². The van der Waals surface area contributed by atoms with Gasteiger partial charge in [-0.1, -0.05) is 0 Å². The number of hydrogen-bond donors (Lipinski definition) is 2. The average molecular weight is 249 g/mol. The lowest BCUT2D eigenvalue weighted by atomic mass is 10.1. The van der Waals surface area contributed by atoms with Gasteiger partial charge in [-0.05, 0) is 32.0 Å². The molecule has 0 saturated carbocycles. The Balaban J connectivity index is 2.24. The molecule has 0 fully saturated rings. The number of amides is 1. The lowest BCUT2D eigenvalue weighted by Gasteiger charge is -2.24. The van der Waals surface area contributed by atoms with Crippen molar-refractivity contribution >= 4 is 27.5 Å². The number of carbonyl (C=O) groups is 1. The van der Waals surface area contributed by atoms with E-state index >= 15 is 0 Å². The van der Waals surface area contributed by atoms with Crippen LogP contribution in [0.4, 0.5) is 0 Å². The number of rotatable bonds is 3. The summed E-state index contributed by atoms with van der Waals surface area (Å²) < 4.78 is 1.02. The van der Waals surface area contributed by atoms with Crippen molar-refractivity contribution in [3.05, 3.63) is 29.3 Å². The van der Waals surface area contributed by atoms with Crippen LogP contribution in [-0.2, 0) is 0 Å². The summed E-state index contributed by atoms with van der Waals surface area (Å²) in [5.74, 6) is -0.101. The number of nitrogens with one attached hydrogen (secondary N) is 1. The molecule has 0 spiro atoms. The second-order valence-electron chi connectivity index (χ2n) is 4.58. The Labute approximate surface area is 104 Å². The number of benzene rings is 1. The first kappa shape index (κ1) is 12.0. The molecule has 5 heteroatoms. The number of nitrogens with zero attached hydrogens (tertiary/aromatic N) is 1. The van der Waals surface area contributed by atoms with E-state index in [9.17, 15) is 4.79 Å². The third-order valence-corrected chi connectivity index (χ3v) is 3.35. The van der Waals surface area contributed by atoms with E-state index in [4.69, 9.17) is 5.73 Å². The van der Waals surface area contributed by atoms with Crippen LogP contribution in [0.5, 0.6) is 0 Å². The molecule has 1 aromatic carbocycles. The molecule has 90 valence electrons. The molecule has 4 nitrogen and oxygen atoms in total. The molecule has 1 aromatic heterocycles. The molecule has 3 N–H and O–H groups in total. The maximum atomic E-state index is 12.0. The number of fused-ring (bicyclic) bond motifs is 1. The Kier molecular flexibility index (Phi) is 3.13. The van der Waals surface area contributed by atoms with Crippen molar-refractivity contribution in [2.45, 2.75) is 19.4 Å². The van der Waals surface area contributed by atoms with Gasteiger partial charge in [0.05, 0.1) is 15.7 Å². The number of carbonyl (C=O) groups excluding carboxylic acids is 1. The molecule has 17 heavy (non-hydrogen) atoms. The molecular formula is C12H15N3OS. The van der Waals surface area contributed by atoms with Crippen LogP contribution in [0, 0.1) is 0 Å². The van der Waals surface area contributed by atoms with Crippen LogP contribution in [0.15, 0.2) is 23.7 Å². The standard InChI is InChI=1S/C12H15N3OS/c1-12(2,6-13)15-11(16)8-3-4-9-10(5-8)17-7-14-9/h3-5,7H,6,13H2,1-2H3,(H,15,16). The van der Waals surface area contributed by atoms with E-state index in [1.54, 1.807) is 11.6 Å². The third kappa shape index (κ3) is 2.62. The normalized spacial score (nSPS) is 11.7. The SMILES string of the molecule is CC(C)(CN)NC(=O)c1ccc2ncsc2c1. The second-order valence-corrected chi connectivity index (χ2v) is 5.46. The molecule has 0 saturated heterocycles. The van der Waals surface area contributed by atoms with Gasteiger partial charge in [-0.3, -0.25) is 4.79 Å². The molecule has 0 atom stereocenters. The zero-order chi connectivity index (χ0) is 12.5. The van der Waals surface area contributed by atoms with Crippen LogP contribution in [0.25, 0.3) is 10.2 Å². The lowest BCUT2D eigenvalue weighted by Crippen LogP contribution is -2.48. The average Bonchev–Trinajstić information content (AvgIpc) is 2.75. The fourth-order valence-corrected chi connectivity index (χ4v) is 2.14. The first-order chi connectivity index (χ1) is 8.02. The van der Waals surface area contributed by atoms with Crippen molar-refractivity contribution in [2.24, 2.45) is 5.73 Å². The first-order valence-corrected chi connectivity index (χ1v) is 6.26. The second kappa shape index (κ2) is 4.43. The van der Waals surface area contributed by atoms with Gasteiger partial charge in [0.2, 0.25) is 0 Å². The highest BCUT2D eigenvalue weighted by molar-refractivity contribution is 7.16. The molecule has 0 aliphatic rings. The Morgan fingerprint density at radius 1 is 1.53 bits per heavy atom. The zero-order valence-electron chi connectivity index (χ0n) is 9.86. The van der Waals surface area contributed by atoms with E-state index in [-0.39, 0.29) is 11.4 Å². The van der Waals surface area contributed by atoms with Gasteiger partial charge in [-0.15, -0.1) is 11.3 Å². The summed E-state index contributed by atoms with van der Waals surface area (Å²) in [7, 11) is 0. The summed E-state index contributed by atoms with van der Waals surface area (Å²) in [6.07, 6.45) is 0. The molecule has 1 heterocycles. The summed E-state index contributed by atoms with van der Waals surface area (Å²) in [6.45, 7) is 4.20. The Bertz CT molecular complexity index is 547. The molecule has 0 bridgehead atoms. The van der Waals surface area contributed by atoms with E-state index in [1.807, 2.05) is 26.0 Å². The molecular weight excluding hydrogens is 234 g/mol. The molecule has 2 aromatic rings. The van der Waals surface area contributed by atoms with E-state index in [2.05, 4.69) is 10.3 Å². The highest BCUT2D eigenvalue weighted by Crippen LogP contribution is 2.19. The predicted octanol–water partition coefficient (Wildman–Crippen LogP) is 1.76. The van der Waals surface area contributed by atoms with Crippen molar-refractivity contribution in [2.75, 3.05) is 6.54 Å². The van der Waals surface area contributed by atoms with Crippen molar-refractivity contribution in [3.8, 4) is 0 Å². The summed E-state index contributed by atoms with van der Waals surface area (Å²) >= 11 is 1.53. The summed E-state index contributed by atoms with van der Waals surface area (Å²) in [6, 6.07) is 5.50. The van der Waals surface area contributed by atoms with E-state index in [1.165, 1.54) is 11.3 Å². The fourth-order valence-electron chi connectivity index (χ4n) is 1.43. The fraction of sp³-hybridized carbons (Fsp3) is 0.333. The minimum absolute atomic E-state index is 0.101. The molecule has 2 rings (SSSR count). The minimum atomic E-state index is -0.389. The summed E-state index contributed by atoms with van der Waals surface area (Å²) in [5, 5.41) is 2.90. The summed E-state index contributed by atoms with van der Waals surface area (Å²) in [5.41, 5.74) is 8.53.